The number of aliphatic carboxylic acids is 1. The Morgan fingerprint density at radius 2 is 1.81 bits per heavy atom. The van der Waals surface area contributed by atoms with Gasteiger partial charge in [0.15, 0.2) is 0 Å². The zero-order valence-electron chi connectivity index (χ0n) is 12.8. The quantitative estimate of drug-likeness (QED) is 0.722. The fourth-order valence-corrected chi connectivity index (χ4v) is 2.15. The topological polar surface area (TPSA) is 78.4 Å². The van der Waals surface area contributed by atoms with Crippen LogP contribution in [0.4, 0.5) is 4.79 Å². The molecule has 116 valence electrons. The van der Waals surface area contributed by atoms with Crippen molar-refractivity contribution in [3.63, 3.8) is 0 Å². The zero-order valence-corrected chi connectivity index (χ0v) is 12.8. The number of nitrogens with one attached hydrogen (secondary N) is 2. The maximum Gasteiger partial charge on any atom is 0.326 e. The number of rotatable bonds is 7. The largest absolute Gasteiger partial charge is 0.480 e. The summed E-state index contributed by atoms with van der Waals surface area (Å²) >= 11 is 0. The molecule has 1 aromatic carbocycles. The molecule has 1 aromatic rings. The van der Waals surface area contributed by atoms with E-state index in [0.29, 0.717) is 13.0 Å². The van der Waals surface area contributed by atoms with Crippen molar-refractivity contribution in [1.82, 2.24) is 10.6 Å². The highest BCUT2D eigenvalue weighted by Gasteiger charge is 2.20. The van der Waals surface area contributed by atoms with Crippen molar-refractivity contribution in [2.24, 2.45) is 5.92 Å². The van der Waals surface area contributed by atoms with Crippen LogP contribution in [0.15, 0.2) is 24.3 Å². The predicted molar refractivity (Wildman–Crippen MR) is 82.1 cm³/mol. The summed E-state index contributed by atoms with van der Waals surface area (Å²) < 4.78 is 0. The molecule has 0 radical (unpaired) electrons. The van der Waals surface area contributed by atoms with Crippen LogP contribution in [0.2, 0.25) is 0 Å². The van der Waals surface area contributed by atoms with Gasteiger partial charge in [0.05, 0.1) is 0 Å². The summed E-state index contributed by atoms with van der Waals surface area (Å²) in [5.74, 6) is -0.806. The van der Waals surface area contributed by atoms with Gasteiger partial charge in [-0.1, -0.05) is 45.0 Å². The molecular formula is C16H24N2O3. The molecule has 2 amide bonds. The number of carbonyl (C=O) groups excluding carboxylic acids is 1. The SMILES string of the molecule is CCc1ccccc1CNC(=O)N[C@@H](CC(C)C)C(=O)O. The molecular weight excluding hydrogens is 268 g/mol. The summed E-state index contributed by atoms with van der Waals surface area (Å²) in [4.78, 5) is 22.9. The van der Waals surface area contributed by atoms with E-state index < -0.39 is 18.0 Å². The van der Waals surface area contributed by atoms with E-state index in [4.69, 9.17) is 5.11 Å². The Labute approximate surface area is 125 Å². The molecule has 1 atom stereocenters. The summed E-state index contributed by atoms with van der Waals surface area (Å²) in [5, 5.41) is 14.3. The zero-order chi connectivity index (χ0) is 15.8. The normalized spacial score (nSPS) is 12.0. The Morgan fingerprint density at radius 1 is 1.19 bits per heavy atom. The van der Waals surface area contributed by atoms with Crippen LogP contribution in [0.1, 0.15) is 38.3 Å². The Morgan fingerprint density at radius 3 is 2.33 bits per heavy atom. The molecule has 0 aliphatic rings. The number of amides is 2. The van der Waals surface area contributed by atoms with Crippen molar-refractivity contribution in [1.29, 1.82) is 0 Å². The van der Waals surface area contributed by atoms with E-state index in [2.05, 4.69) is 17.6 Å². The van der Waals surface area contributed by atoms with Crippen molar-refractivity contribution in [3.8, 4) is 0 Å². The van der Waals surface area contributed by atoms with Gasteiger partial charge in [0, 0.05) is 6.54 Å². The second kappa shape index (κ2) is 8.29. The van der Waals surface area contributed by atoms with Crippen molar-refractivity contribution in [3.05, 3.63) is 35.4 Å². The third-order valence-corrected chi connectivity index (χ3v) is 3.25. The van der Waals surface area contributed by atoms with Gasteiger partial charge in [-0.25, -0.2) is 9.59 Å². The monoisotopic (exact) mass is 292 g/mol. The van der Waals surface area contributed by atoms with Crippen LogP contribution in [0, 0.1) is 5.92 Å². The highest BCUT2D eigenvalue weighted by molar-refractivity contribution is 5.82. The second-order valence-electron chi connectivity index (χ2n) is 5.47. The average Bonchev–Trinajstić information content (AvgIpc) is 2.44. The molecule has 5 heteroatoms. The fraction of sp³-hybridized carbons (Fsp3) is 0.500. The molecule has 5 nitrogen and oxygen atoms in total. The number of carboxylic acids is 1. The number of urea groups is 1. The maximum absolute atomic E-state index is 11.8. The van der Waals surface area contributed by atoms with E-state index in [1.54, 1.807) is 0 Å². The molecule has 0 unspecified atom stereocenters. The molecule has 0 heterocycles. The molecule has 0 aliphatic heterocycles. The van der Waals surface area contributed by atoms with Crippen LogP contribution in [0.5, 0.6) is 0 Å². The number of carboxylic acid groups (broad SMARTS) is 1. The number of hydrogen-bond acceptors (Lipinski definition) is 2. The lowest BCUT2D eigenvalue weighted by atomic mass is 10.0. The van der Waals surface area contributed by atoms with Crippen LogP contribution < -0.4 is 10.6 Å². The Hall–Kier alpha value is -2.04. The molecule has 0 aromatic heterocycles. The first-order valence-corrected chi connectivity index (χ1v) is 7.28. The lowest BCUT2D eigenvalue weighted by molar-refractivity contribution is -0.139. The van der Waals surface area contributed by atoms with Gasteiger partial charge in [-0.2, -0.15) is 0 Å². The van der Waals surface area contributed by atoms with Gasteiger partial charge in [-0.05, 0) is 29.9 Å². The molecule has 0 saturated heterocycles. The molecule has 3 N–H and O–H groups in total. The highest BCUT2D eigenvalue weighted by atomic mass is 16.4. The lowest BCUT2D eigenvalue weighted by Crippen LogP contribution is -2.46. The molecule has 0 aliphatic carbocycles. The number of aryl methyl sites for hydroxylation is 1. The number of benzene rings is 1. The first kappa shape index (κ1) is 17.0. The van der Waals surface area contributed by atoms with Gasteiger partial charge in [0.25, 0.3) is 0 Å². The Balaban J connectivity index is 2.54. The molecule has 0 fully saturated rings. The fourth-order valence-electron chi connectivity index (χ4n) is 2.15. The van der Waals surface area contributed by atoms with Crippen LogP contribution in [-0.4, -0.2) is 23.1 Å². The van der Waals surface area contributed by atoms with Gasteiger partial charge in [0.2, 0.25) is 0 Å². The third kappa shape index (κ3) is 5.85. The van der Waals surface area contributed by atoms with Gasteiger partial charge in [0.1, 0.15) is 6.04 Å². The lowest BCUT2D eigenvalue weighted by Gasteiger charge is -2.17. The van der Waals surface area contributed by atoms with Crippen molar-refractivity contribution >= 4 is 12.0 Å². The average molecular weight is 292 g/mol. The first-order chi connectivity index (χ1) is 9.93. The molecule has 1 rings (SSSR count). The van der Waals surface area contributed by atoms with Gasteiger partial charge >= 0.3 is 12.0 Å². The Kier molecular flexibility index (Phi) is 6.72. The van der Waals surface area contributed by atoms with E-state index in [1.807, 2.05) is 38.1 Å². The van der Waals surface area contributed by atoms with Crippen LogP contribution in [0.3, 0.4) is 0 Å². The summed E-state index contributed by atoms with van der Waals surface area (Å²) in [6.07, 6.45) is 1.30. The summed E-state index contributed by atoms with van der Waals surface area (Å²) in [6, 6.07) is 6.56. The second-order valence-corrected chi connectivity index (χ2v) is 5.47. The predicted octanol–water partition coefficient (Wildman–Crippen LogP) is 2.55. The minimum absolute atomic E-state index is 0.201. The van der Waals surface area contributed by atoms with Crippen molar-refractivity contribution < 1.29 is 14.7 Å². The van der Waals surface area contributed by atoms with E-state index in [-0.39, 0.29) is 5.92 Å². The maximum atomic E-state index is 11.8. The van der Waals surface area contributed by atoms with Crippen molar-refractivity contribution in [2.75, 3.05) is 0 Å². The molecule has 0 saturated carbocycles. The minimum Gasteiger partial charge on any atom is -0.480 e. The van der Waals surface area contributed by atoms with Gasteiger partial charge in [-0.15, -0.1) is 0 Å². The summed E-state index contributed by atoms with van der Waals surface area (Å²) in [5.41, 5.74) is 2.22. The van der Waals surface area contributed by atoms with E-state index >= 15 is 0 Å². The van der Waals surface area contributed by atoms with Gasteiger partial charge < -0.3 is 15.7 Å². The smallest absolute Gasteiger partial charge is 0.326 e. The summed E-state index contributed by atoms with van der Waals surface area (Å²) in [6.45, 7) is 6.30. The first-order valence-electron chi connectivity index (χ1n) is 7.28. The summed E-state index contributed by atoms with van der Waals surface area (Å²) in [7, 11) is 0. The number of hydrogen-bond donors (Lipinski definition) is 3. The van der Waals surface area contributed by atoms with Crippen LogP contribution in [-0.2, 0) is 17.8 Å². The molecule has 0 spiro atoms. The van der Waals surface area contributed by atoms with Crippen molar-refractivity contribution in [2.45, 2.75) is 46.2 Å². The molecule has 0 bridgehead atoms. The highest BCUT2D eigenvalue weighted by Crippen LogP contribution is 2.09. The van der Waals surface area contributed by atoms with E-state index in [9.17, 15) is 9.59 Å². The van der Waals surface area contributed by atoms with Crippen LogP contribution in [0.25, 0.3) is 0 Å². The standard InChI is InChI=1S/C16H24N2O3/c1-4-12-7-5-6-8-13(12)10-17-16(21)18-14(15(19)20)9-11(2)3/h5-8,11,14H,4,9-10H2,1-3H3,(H,19,20)(H2,17,18,21)/t14-/m0/s1. The minimum atomic E-state index is -1.01. The van der Waals surface area contributed by atoms with E-state index in [1.165, 1.54) is 5.56 Å². The van der Waals surface area contributed by atoms with E-state index in [0.717, 1.165) is 12.0 Å². The van der Waals surface area contributed by atoms with Crippen LogP contribution >= 0.6 is 0 Å². The molecule has 21 heavy (non-hydrogen) atoms. The number of carbonyl (C=O) groups is 2. The third-order valence-electron chi connectivity index (χ3n) is 3.25. The van der Waals surface area contributed by atoms with Gasteiger partial charge in [-0.3, -0.25) is 0 Å². The Bertz CT molecular complexity index is 486.